The van der Waals surface area contributed by atoms with Gasteiger partial charge in [-0.3, -0.25) is 4.79 Å². The van der Waals surface area contributed by atoms with E-state index in [1.807, 2.05) is 0 Å². The highest BCUT2D eigenvalue weighted by Crippen LogP contribution is 2.14. The first-order chi connectivity index (χ1) is 12.1. The van der Waals surface area contributed by atoms with Gasteiger partial charge in [-0.05, 0) is 12.8 Å². The molecule has 5 heteroatoms. The number of carboxylic acids is 1. The van der Waals surface area contributed by atoms with Crippen LogP contribution in [0, 0.1) is 0 Å². The van der Waals surface area contributed by atoms with Crippen LogP contribution in [0.25, 0.3) is 0 Å². The van der Waals surface area contributed by atoms with Gasteiger partial charge in [-0.25, -0.2) is 4.79 Å². The number of carbonyl (C=O) groups is 2. The van der Waals surface area contributed by atoms with Gasteiger partial charge < -0.3 is 14.9 Å². The third kappa shape index (κ3) is 22.7. The van der Waals surface area contributed by atoms with E-state index < -0.39 is 12.1 Å². The quantitative estimate of drug-likeness (QED) is 0.206. The van der Waals surface area contributed by atoms with E-state index in [1.54, 1.807) is 0 Å². The van der Waals surface area contributed by atoms with Gasteiger partial charge in [0.15, 0.2) is 0 Å². The fraction of sp³-hybridized carbons (Fsp3) is 0.900. The zero-order chi connectivity index (χ0) is 18.6. The minimum absolute atomic E-state index is 0.319. The van der Waals surface area contributed by atoms with Crippen LogP contribution < -0.4 is 0 Å². The molecule has 0 spiro atoms. The van der Waals surface area contributed by atoms with Gasteiger partial charge >= 0.3 is 12.1 Å². The van der Waals surface area contributed by atoms with Crippen LogP contribution in [0.2, 0.25) is 0 Å². The van der Waals surface area contributed by atoms with E-state index in [1.165, 1.54) is 77.0 Å². The van der Waals surface area contributed by atoms with Crippen LogP contribution in [0.15, 0.2) is 0 Å². The van der Waals surface area contributed by atoms with Gasteiger partial charge in [-0.2, -0.15) is 0 Å². The third-order valence-corrected chi connectivity index (χ3v) is 4.51. The number of carboxylic acid groups (broad SMARTS) is 2. The maximum atomic E-state index is 10.4. The molecule has 0 amide bonds. The lowest BCUT2D eigenvalue weighted by atomic mass is 10.0. The predicted molar refractivity (Wildman–Crippen MR) is 100 cm³/mol. The molecule has 2 N–H and O–H groups in total. The molecular formula is C20H38O5. The van der Waals surface area contributed by atoms with Crippen molar-refractivity contribution in [2.24, 2.45) is 0 Å². The summed E-state index contributed by atoms with van der Waals surface area (Å²) in [6.45, 7) is 0.331. The van der Waals surface area contributed by atoms with Crippen LogP contribution in [-0.2, 0) is 9.53 Å². The first-order valence-electron chi connectivity index (χ1n) is 10.2. The monoisotopic (exact) mass is 358 g/mol. The van der Waals surface area contributed by atoms with E-state index in [4.69, 9.17) is 10.2 Å². The molecule has 0 bridgehead atoms. The molecule has 0 aromatic carbocycles. The molecule has 25 heavy (non-hydrogen) atoms. The molecule has 0 radical (unpaired) electrons. The second-order valence-corrected chi connectivity index (χ2v) is 6.91. The lowest BCUT2D eigenvalue weighted by molar-refractivity contribution is -0.137. The fourth-order valence-corrected chi connectivity index (χ4v) is 3.01. The second kappa shape index (κ2) is 19.1. The number of ether oxygens (including phenoxy) is 1. The lowest BCUT2D eigenvalue weighted by Gasteiger charge is -2.04. The summed E-state index contributed by atoms with van der Waals surface area (Å²) in [5.41, 5.74) is 0. The van der Waals surface area contributed by atoms with Gasteiger partial charge in [0.25, 0.3) is 0 Å². The molecule has 0 aromatic rings. The van der Waals surface area contributed by atoms with E-state index >= 15 is 0 Å². The highest BCUT2D eigenvalue weighted by Gasteiger charge is 1.98. The molecule has 5 nitrogen and oxygen atoms in total. The highest BCUT2D eigenvalue weighted by atomic mass is 16.7. The normalized spacial score (nSPS) is 10.7. The Hall–Kier alpha value is -1.26. The SMILES string of the molecule is O=C(O)CCCCCCCCCCCCCCCCCCOC(=O)O. The Labute approximate surface area is 153 Å². The van der Waals surface area contributed by atoms with Crippen LogP contribution in [0.1, 0.15) is 109 Å². The van der Waals surface area contributed by atoms with Crippen molar-refractivity contribution in [3.05, 3.63) is 0 Å². The summed E-state index contributed by atoms with van der Waals surface area (Å²) in [4.78, 5) is 20.5. The van der Waals surface area contributed by atoms with Crippen molar-refractivity contribution in [2.45, 2.75) is 109 Å². The summed E-state index contributed by atoms with van der Waals surface area (Å²) in [7, 11) is 0. The number of rotatable bonds is 19. The fourth-order valence-electron chi connectivity index (χ4n) is 3.01. The van der Waals surface area contributed by atoms with Gasteiger partial charge in [0.05, 0.1) is 6.61 Å². The van der Waals surface area contributed by atoms with Crippen LogP contribution in [-0.4, -0.2) is 28.9 Å². The minimum Gasteiger partial charge on any atom is -0.481 e. The zero-order valence-corrected chi connectivity index (χ0v) is 15.8. The van der Waals surface area contributed by atoms with Gasteiger partial charge in [-0.15, -0.1) is 0 Å². The molecule has 148 valence electrons. The predicted octanol–water partition coefficient (Wildman–Crippen LogP) is 6.40. The molecule has 0 unspecified atom stereocenters. The van der Waals surface area contributed by atoms with Crippen LogP contribution in [0.4, 0.5) is 4.79 Å². The van der Waals surface area contributed by atoms with Crippen LogP contribution >= 0.6 is 0 Å². The number of aliphatic carboxylic acids is 1. The van der Waals surface area contributed by atoms with Crippen molar-refractivity contribution in [1.82, 2.24) is 0 Å². The van der Waals surface area contributed by atoms with Crippen molar-refractivity contribution < 1.29 is 24.5 Å². The summed E-state index contributed by atoms with van der Waals surface area (Å²) in [6.07, 6.45) is 18.3. The van der Waals surface area contributed by atoms with Crippen molar-refractivity contribution in [3.63, 3.8) is 0 Å². The largest absolute Gasteiger partial charge is 0.505 e. The van der Waals surface area contributed by atoms with E-state index in [9.17, 15) is 9.59 Å². The summed E-state index contributed by atoms with van der Waals surface area (Å²) < 4.78 is 4.47. The molecule has 0 aliphatic heterocycles. The minimum atomic E-state index is -1.17. The van der Waals surface area contributed by atoms with Crippen molar-refractivity contribution in [3.8, 4) is 0 Å². The maximum Gasteiger partial charge on any atom is 0.505 e. The van der Waals surface area contributed by atoms with E-state index in [-0.39, 0.29) is 0 Å². The Balaban J connectivity index is 3.00. The molecule has 0 saturated carbocycles. The number of hydrogen-bond acceptors (Lipinski definition) is 3. The summed E-state index contributed by atoms with van der Waals surface area (Å²) in [6, 6.07) is 0. The second-order valence-electron chi connectivity index (χ2n) is 6.91. The van der Waals surface area contributed by atoms with E-state index in [0.717, 1.165) is 25.7 Å². The average molecular weight is 359 g/mol. The lowest BCUT2D eigenvalue weighted by Crippen LogP contribution is -2.01. The Morgan fingerprint density at radius 3 is 1.16 bits per heavy atom. The molecule has 0 saturated heterocycles. The topological polar surface area (TPSA) is 83.8 Å². The van der Waals surface area contributed by atoms with Gasteiger partial charge in [0.2, 0.25) is 0 Å². The average Bonchev–Trinajstić information content (AvgIpc) is 2.56. The number of hydrogen-bond donors (Lipinski definition) is 2. The van der Waals surface area contributed by atoms with Crippen LogP contribution in [0.5, 0.6) is 0 Å². The molecule has 0 heterocycles. The smallest absolute Gasteiger partial charge is 0.481 e. The van der Waals surface area contributed by atoms with E-state index in [2.05, 4.69) is 4.74 Å². The standard InChI is InChI=1S/C20H38O5/c21-19(22)17-15-13-11-9-7-5-3-1-2-4-6-8-10-12-14-16-18-25-20(23)24/h1-18H2,(H,21,22)(H,23,24). The molecule has 0 aromatic heterocycles. The Bertz CT molecular complexity index is 287. The first-order valence-corrected chi connectivity index (χ1v) is 10.2. The summed E-state index contributed by atoms with van der Waals surface area (Å²) in [5.74, 6) is -0.676. The van der Waals surface area contributed by atoms with Crippen LogP contribution in [0.3, 0.4) is 0 Å². The Morgan fingerprint density at radius 1 is 0.520 bits per heavy atom. The summed E-state index contributed by atoms with van der Waals surface area (Å²) >= 11 is 0. The van der Waals surface area contributed by atoms with Crippen molar-refractivity contribution >= 4 is 12.1 Å². The molecule has 0 fully saturated rings. The molecular weight excluding hydrogens is 320 g/mol. The van der Waals surface area contributed by atoms with Gasteiger partial charge in [0, 0.05) is 6.42 Å². The summed E-state index contributed by atoms with van der Waals surface area (Å²) in [5, 5.41) is 16.9. The van der Waals surface area contributed by atoms with Gasteiger partial charge in [0.1, 0.15) is 0 Å². The van der Waals surface area contributed by atoms with Gasteiger partial charge in [-0.1, -0.05) is 89.9 Å². The molecule has 0 atom stereocenters. The molecule has 0 aliphatic rings. The highest BCUT2D eigenvalue weighted by molar-refractivity contribution is 5.66. The molecule has 0 aliphatic carbocycles. The molecule has 0 rings (SSSR count). The van der Waals surface area contributed by atoms with Crippen molar-refractivity contribution in [1.29, 1.82) is 0 Å². The third-order valence-electron chi connectivity index (χ3n) is 4.51. The number of unbranched alkanes of at least 4 members (excludes halogenated alkanes) is 15. The van der Waals surface area contributed by atoms with Crippen molar-refractivity contribution in [2.75, 3.05) is 6.61 Å². The zero-order valence-electron chi connectivity index (χ0n) is 15.8. The van der Waals surface area contributed by atoms with E-state index in [0.29, 0.717) is 13.0 Å². The Kier molecular flexibility index (Phi) is 18.1. The Morgan fingerprint density at radius 2 is 0.840 bits per heavy atom. The first kappa shape index (κ1) is 23.7. The maximum absolute atomic E-state index is 10.4.